The van der Waals surface area contributed by atoms with Gasteiger partial charge >= 0.3 is 4.87 Å². The summed E-state index contributed by atoms with van der Waals surface area (Å²) in [6.45, 7) is 0. The van der Waals surface area contributed by atoms with Gasteiger partial charge in [0, 0.05) is 27.2 Å². The number of hydrogen-bond acceptors (Lipinski definition) is 4. The van der Waals surface area contributed by atoms with Gasteiger partial charge in [0.25, 0.3) is 0 Å². The zero-order valence-electron chi connectivity index (χ0n) is 13.0. The summed E-state index contributed by atoms with van der Waals surface area (Å²) in [5.74, 6) is -2.09. The predicted octanol–water partition coefficient (Wildman–Crippen LogP) is 4.55. The molecule has 1 heterocycles. The highest BCUT2D eigenvalue weighted by Gasteiger charge is 2.21. The van der Waals surface area contributed by atoms with Crippen LogP contribution in [-0.2, 0) is 9.84 Å². The zero-order valence-corrected chi connectivity index (χ0v) is 16.1. The van der Waals surface area contributed by atoms with Crippen LogP contribution >= 0.6 is 34.5 Å². The lowest BCUT2D eigenvalue weighted by Crippen LogP contribution is -2.12. The third-order valence-corrected chi connectivity index (χ3v) is 5.77. The lowest BCUT2D eigenvalue weighted by Gasteiger charge is -2.11. The minimum atomic E-state index is -3.94. The third kappa shape index (κ3) is 3.55. The summed E-state index contributed by atoms with van der Waals surface area (Å²) in [6, 6.07) is 5.70. The third-order valence-electron chi connectivity index (χ3n) is 3.50. The van der Waals surface area contributed by atoms with Gasteiger partial charge in [-0.1, -0.05) is 34.5 Å². The van der Waals surface area contributed by atoms with Crippen molar-refractivity contribution >= 4 is 44.4 Å². The van der Waals surface area contributed by atoms with E-state index in [0.29, 0.717) is 6.07 Å². The smallest absolute Gasteiger partial charge is 0.267 e. The molecule has 0 aliphatic rings. The minimum Gasteiger partial charge on any atom is -0.267 e. The number of hydrogen-bond donors (Lipinski definition) is 0. The highest BCUT2D eigenvalue weighted by Crippen LogP contribution is 2.31. The molecule has 26 heavy (non-hydrogen) atoms. The summed E-state index contributed by atoms with van der Waals surface area (Å²) in [5.41, 5.74) is 0.0647. The maximum Gasteiger partial charge on any atom is 0.312 e. The van der Waals surface area contributed by atoms with Crippen molar-refractivity contribution in [2.24, 2.45) is 0 Å². The second-order valence-electron chi connectivity index (χ2n) is 5.38. The van der Waals surface area contributed by atoms with Crippen LogP contribution in [0.25, 0.3) is 16.9 Å². The molecule has 0 atom stereocenters. The molecule has 0 bridgehead atoms. The van der Waals surface area contributed by atoms with E-state index < -0.39 is 31.2 Å². The first kappa shape index (κ1) is 19.0. The molecule has 0 N–H and O–H groups in total. The highest BCUT2D eigenvalue weighted by atomic mass is 35.5. The van der Waals surface area contributed by atoms with E-state index in [0.717, 1.165) is 28.2 Å². The normalized spacial score (nSPS) is 11.7. The molecule has 0 unspecified atom stereocenters. The molecule has 0 aliphatic heterocycles. The first-order valence-corrected chi connectivity index (χ1v) is 10.5. The van der Waals surface area contributed by atoms with Crippen molar-refractivity contribution in [3.8, 4) is 16.9 Å². The SMILES string of the molecule is CS(=O)(=O)c1cc(F)c(-c2csc(=O)n2-c2cc(Cl)cc(Cl)c2)cc1F. The fraction of sp³-hybridized carbons (Fsp3) is 0.0625. The number of benzene rings is 2. The Kier molecular flexibility index (Phi) is 4.96. The van der Waals surface area contributed by atoms with E-state index in [1.165, 1.54) is 23.6 Å². The summed E-state index contributed by atoms with van der Waals surface area (Å²) < 4.78 is 52.9. The number of aromatic nitrogens is 1. The molecule has 3 rings (SSSR count). The molecule has 2 aromatic carbocycles. The summed E-state index contributed by atoms with van der Waals surface area (Å²) in [7, 11) is -3.94. The van der Waals surface area contributed by atoms with E-state index >= 15 is 0 Å². The van der Waals surface area contributed by atoms with Crippen molar-refractivity contribution in [1.29, 1.82) is 0 Å². The molecule has 0 saturated heterocycles. The quantitative estimate of drug-likeness (QED) is 0.605. The van der Waals surface area contributed by atoms with E-state index in [1.54, 1.807) is 0 Å². The van der Waals surface area contributed by atoms with E-state index in [2.05, 4.69) is 0 Å². The molecule has 0 saturated carbocycles. The topological polar surface area (TPSA) is 56.1 Å². The monoisotopic (exact) mass is 435 g/mol. The predicted molar refractivity (Wildman–Crippen MR) is 98.4 cm³/mol. The molecule has 0 amide bonds. The average molecular weight is 436 g/mol. The Morgan fingerprint density at radius 3 is 2.19 bits per heavy atom. The van der Waals surface area contributed by atoms with Crippen LogP contribution in [-0.4, -0.2) is 19.2 Å². The van der Waals surface area contributed by atoms with Crippen LogP contribution in [0.4, 0.5) is 8.78 Å². The Bertz CT molecular complexity index is 1170. The van der Waals surface area contributed by atoms with Gasteiger partial charge in [-0.15, -0.1) is 0 Å². The molecular formula is C16H9Cl2F2NO3S2. The van der Waals surface area contributed by atoms with Gasteiger partial charge in [0.15, 0.2) is 9.84 Å². The number of thiazole rings is 1. The Balaban J connectivity index is 2.28. The van der Waals surface area contributed by atoms with Crippen LogP contribution in [0.2, 0.25) is 10.0 Å². The van der Waals surface area contributed by atoms with Crippen molar-refractivity contribution in [3.63, 3.8) is 0 Å². The Morgan fingerprint density at radius 2 is 1.62 bits per heavy atom. The highest BCUT2D eigenvalue weighted by molar-refractivity contribution is 7.90. The summed E-state index contributed by atoms with van der Waals surface area (Å²) >= 11 is 12.7. The number of nitrogens with zero attached hydrogens (tertiary/aromatic N) is 1. The van der Waals surface area contributed by atoms with E-state index in [-0.39, 0.29) is 27.0 Å². The van der Waals surface area contributed by atoms with Gasteiger partial charge in [-0.3, -0.25) is 9.36 Å². The van der Waals surface area contributed by atoms with Crippen LogP contribution < -0.4 is 4.87 Å². The first-order valence-electron chi connectivity index (χ1n) is 6.94. The average Bonchev–Trinajstić information content (AvgIpc) is 2.88. The fourth-order valence-electron chi connectivity index (χ4n) is 2.42. The first-order chi connectivity index (χ1) is 12.1. The Morgan fingerprint density at radius 1 is 1.00 bits per heavy atom. The van der Waals surface area contributed by atoms with Gasteiger partial charge in [-0.25, -0.2) is 17.2 Å². The Labute approximate surface area is 161 Å². The van der Waals surface area contributed by atoms with Gasteiger partial charge in [0.1, 0.15) is 16.5 Å². The summed E-state index contributed by atoms with van der Waals surface area (Å²) in [6.07, 6.45) is 0.777. The molecule has 0 radical (unpaired) electrons. The van der Waals surface area contributed by atoms with Crippen LogP contribution in [0, 0.1) is 11.6 Å². The molecule has 3 aromatic rings. The van der Waals surface area contributed by atoms with Crippen molar-refractivity contribution in [2.75, 3.05) is 6.26 Å². The molecule has 0 spiro atoms. The van der Waals surface area contributed by atoms with Crippen LogP contribution in [0.5, 0.6) is 0 Å². The number of rotatable bonds is 3. The minimum absolute atomic E-state index is 0.0507. The van der Waals surface area contributed by atoms with Crippen molar-refractivity contribution < 1.29 is 17.2 Å². The number of halogens is 4. The summed E-state index contributed by atoms with van der Waals surface area (Å²) in [5, 5.41) is 1.86. The molecule has 0 fully saturated rings. The summed E-state index contributed by atoms with van der Waals surface area (Å²) in [4.78, 5) is 11.0. The lowest BCUT2D eigenvalue weighted by molar-refractivity contribution is 0.557. The van der Waals surface area contributed by atoms with Gasteiger partial charge in [-0.05, 0) is 30.3 Å². The van der Waals surface area contributed by atoms with E-state index in [1.807, 2.05) is 0 Å². The molecular weight excluding hydrogens is 427 g/mol. The Hall–Kier alpha value is -1.74. The lowest BCUT2D eigenvalue weighted by atomic mass is 10.1. The van der Waals surface area contributed by atoms with Crippen LogP contribution in [0.1, 0.15) is 0 Å². The molecule has 1 aromatic heterocycles. The maximum absolute atomic E-state index is 14.5. The van der Waals surface area contributed by atoms with Gasteiger partial charge in [-0.2, -0.15) is 0 Å². The fourth-order valence-corrected chi connectivity index (χ4v) is 4.42. The van der Waals surface area contributed by atoms with Crippen LogP contribution in [0.15, 0.2) is 45.4 Å². The second-order valence-corrected chi connectivity index (χ2v) is 9.06. The zero-order chi connectivity index (χ0) is 19.2. The van der Waals surface area contributed by atoms with Gasteiger partial charge < -0.3 is 0 Å². The molecule has 10 heteroatoms. The van der Waals surface area contributed by atoms with Crippen LogP contribution in [0.3, 0.4) is 0 Å². The van der Waals surface area contributed by atoms with Crippen molar-refractivity contribution in [1.82, 2.24) is 4.57 Å². The standard InChI is InChI=1S/C16H9Cl2F2NO3S2/c1-26(23,24)15-6-12(19)11(5-13(15)20)14-7-25-16(22)21(14)10-3-8(17)2-9(18)4-10/h2-7H,1H3. The number of sulfone groups is 1. The maximum atomic E-state index is 14.5. The van der Waals surface area contributed by atoms with Gasteiger partial charge in [0.2, 0.25) is 0 Å². The van der Waals surface area contributed by atoms with Crippen molar-refractivity contribution in [2.45, 2.75) is 4.90 Å². The molecule has 0 aliphatic carbocycles. The van der Waals surface area contributed by atoms with Gasteiger partial charge in [0.05, 0.1) is 11.4 Å². The second kappa shape index (κ2) is 6.77. The van der Waals surface area contributed by atoms with E-state index in [4.69, 9.17) is 23.2 Å². The molecule has 4 nitrogen and oxygen atoms in total. The largest absolute Gasteiger partial charge is 0.312 e. The molecule has 136 valence electrons. The van der Waals surface area contributed by atoms with E-state index in [9.17, 15) is 22.0 Å². The van der Waals surface area contributed by atoms with Crippen molar-refractivity contribution in [3.05, 3.63) is 67.1 Å².